The minimum atomic E-state index is -0.961. The number of benzene rings is 1. The SMILES string of the molecule is CNC(=O)Nc1ccc(C(=O)N2CCN(C(=O)O)CC2)cc1. The maximum Gasteiger partial charge on any atom is 0.407 e. The van der Waals surface area contributed by atoms with E-state index in [4.69, 9.17) is 5.11 Å². The second-order valence-electron chi connectivity index (χ2n) is 4.84. The molecule has 3 N–H and O–H groups in total. The Kier molecular flexibility index (Phi) is 4.82. The summed E-state index contributed by atoms with van der Waals surface area (Å²) in [6.07, 6.45) is -0.961. The largest absolute Gasteiger partial charge is 0.465 e. The van der Waals surface area contributed by atoms with E-state index in [1.165, 1.54) is 11.9 Å². The molecule has 1 fully saturated rings. The van der Waals surface area contributed by atoms with Crippen LogP contribution < -0.4 is 10.6 Å². The molecule has 1 heterocycles. The van der Waals surface area contributed by atoms with Gasteiger partial charge in [0.25, 0.3) is 5.91 Å². The van der Waals surface area contributed by atoms with Crippen LogP contribution in [0.5, 0.6) is 0 Å². The fraction of sp³-hybridized carbons (Fsp3) is 0.357. The average Bonchev–Trinajstić information content (AvgIpc) is 2.55. The van der Waals surface area contributed by atoms with Crippen molar-refractivity contribution in [2.24, 2.45) is 0 Å². The lowest BCUT2D eigenvalue weighted by molar-refractivity contribution is 0.0625. The molecule has 0 spiro atoms. The number of rotatable bonds is 2. The Balaban J connectivity index is 1.96. The number of nitrogens with zero attached hydrogens (tertiary/aromatic N) is 2. The van der Waals surface area contributed by atoms with Crippen molar-refractivity contribution in [3.05, 3.63) is 29.8 Å². The van der Waals surface area contributed by atoms with Crippen molar-refractivity contribution in [2.75, 3.05) is 38.5 Å². The first-order valence-electron chi connectivity index (χ1n) is 6.87. The van der Waals surface area contributed by atoms with Crippen molar-refractivity contribution < 1.29 is 19.5 Å². The van der Waals surface area contributed by atoms with Crippen molar-refractivity contribution in [3.8, 4) is 0 Å². The van der Waals surface area contributed by atoms with E-state index >= 15 is 0 Å². The van der Waals surface area contributed by atoms with Crippen molar-refractivity contribution in [1.29, 1.82) is 0 Å². The van der Waals surface area contributed by atoms with Crippen molar-refractivity contribution in [1.82, 2.24) is 15.1 Å². The maximum atomic E-state index is 12.3. The van der Waals surface area contributed by atoms with E-state index in [1.807, 2.05) is 0 Å². The van der Waals surface area contributed by atoms with Crippen LogP contribution in [0.1, 0.15) is 10.4 Å². The van der Waals surface area contributed by atoms with Gasteiger partial charge in [0.2, 0.25) is 0 Å². The molecular weight excluding hydrogens is 288 g/mol. The number of nitrogens with one attached hydrogen (secondary N) is 2. The highest BCUT2D eigenvalue weighted by Crippen LogP contribution is 2.13. The van der Waals surface area contributed by atoms with Gasteiger partial charge in [-0.25, -0.2) is 9.59 Å². The second-order valence-corrected chi connectivity index (χ2v) is 4.84. The van der Waals surface area contributed by atoms with Crippen LogP contribution in [0.15, 0.2) is 24.3 Å². The first kappa shape index (κ1) is 15.6. The summed E-state index contributed by atoms with van der Waals surface area (Å²) in [5, 5.41) is 13.9. The highest BCUT2D eigenvalue weighted by atomic mass is 16.4. The normalized spacial score (nSPS) is 14.4. The second kappa shape index (κ2) is 6.79. The molecule has 118 valence electrons. The molecule has 0 saturated carbocycles. The highest BCUT2D eigenvalue weighted by molar-refractivity contribution is 5.95. The van der Waals surface area contributed by atoms with Crippen LogP contribution in [-0.2, 0) is 0 Å². The molecule has 0 aromatic heterocycles. The van der Waals surface area contributed by atoms with E-state index in [1.54, 1.807) is 29.2 Å². The third-order valence-electron chi connectivity index (χ3n) is 3.45. The smallest absolute Gasteiger partial charge is 0.407 e. The number of hydrogen-bond acceptors (Lipinski definition) is 3. The molecule has 0 bridgehead atoms. The molecule has 1 aromatic rings. The molecule has 2 rings (SSSR count). The van der Waals surface area contributed by atoms with E-state index in [0.29, 0.717) is 37.4 Å². The summed E-state index contributed by atoms with van der Waals surface area (Å²) in [6, 6.07) is 6.24. The van der Waals surface area contributed by atoms with E-state index in [2.05, 4.69) is 10.6 Å². The van der Waals surface area contributed by atoms with Gasteiger partial charge in [0.05, 0.1) is 0 Å². The Bertz CT molecular complexity index is 565. The minimum absolute atomic E-state index is 0.142. The number of carbonyl (C=O) groups excluding carboxylic acids is 2. The van der Waals surface area contributed by atoms with Crippen LogP contribution in [0.3, 0.4) is 0 Å². The van der Waals surface area contributed by atoms with E-state index < -0.39 is 6.09 Å². The third-order valence-corrected chi connectivity index (χ3v) is 3.45. The molecule has 0 unspecified atom stereocenters. The summed E-state index contributed by atoms with van der Waals surface area (Å²) in [4.78, 5) is 37.3. The summed E-state index contributed by atoms with van der Waals surface area (Å²) in [5.41, 5.74) is 1.10. The molecular formula is C14H18N4O4. The van der Waals surface area contributed by atoms with Gasteiger partial charge in [0.15, 0.2) is 0 Å². The van der Waals surface area contributed by atoms with E-state index in [9.17, 15) is 14.4 Å². The number of piperazine rings is 1. The fourth-order valence-corrected chi connectivity index (χ4v) is 2.17. The quantitative estimate of drug-likeness (QED) is 0.754. The predicted octanol–water partition coefficient (Wildman–Crippen LogP) is 0.874. The Labute approximate surface area is 127 Å². The monoisotopic (exact) mass is 306 g/mol. The standard InChI is InChI=1S/C14H18N4O4/c1-15-13(20)16-11-4-2-10(3-5-11)12(19)17-6-8-18(9-7-17)14(21)22/h2-5H,6-9H2,1H3,(H,21,22)(H2,15,16,20). The van der Waals surface area contributed by atoms with Crippen LogP contribution in [0.4, 0.5) is 15.3 Å². The number of urea groups is 1. The van der Waals surface area contributed by atoms with Gasteiger partial charge < -0.3 is 25.5 Å². The lowest BCUT2D eigenvalue weighted by Gasteiger charge is -2.33. The first-order valence-corrected chi connectivity index (χ1v) is 6.87. The maximum absolute atomic E-state index is 12.3. The summed E-state index contributed by atoms with van der Waals surface area (Å²) < 4.78 is 0. The Morgan fingerprint density at radius 1 is 1.00 bits per heavy atom. The van der Waals surface area contributed by atoms with Gasteiger partial charge in [-0.2, -0.15) is 0 Å². The van der Waals surface area contributed by atoms with Gasteiger partial charge in [0.1, 0.15) is 0 Å². The lowest BCUT2D eigenvalue weighted by Crippen LogP contribution is -2.50. The Morgan fingerprint density at radius 2 is 1.55 bits per heavy atom. The zero-order chi connectivity index (χ0) is 16.1. The van der Waals surface area contributed by atoms with Gasteiger partial charge >= 0.3 is 12.1 Å². The van der Waals surface area contributed by atoms with E-state index in [-0.39, 0.29) is 11.9 Å². The molecule has 22 heavy (non-hydrogen) atoms. The summed E-state index contributed by atoms with van der Waals surface area (Å²) >= 11 is 0. The molecule has 4 amide bonds. The predicted molar refractivity (Wildman–Crippen MR) is 80.0 cm³/mol. The molecule has 0 atom stereocenters. The van der Waals surface area contributed by atoms with Crippen LogP contribution in [0, 0.1) is 0 Å². The molecule has 1 aliphatic heterocycles. The molecule has 0 aliphatic carbocycles. The van der Waals surface area contributed by atoms with Crippen LogP contribution in [0.25, 0.3) is 0 Å². The van der Waals surface area contributed by atoms with Crippen molar-refractivity contribution in [3.63, 3.8) is 0 Å². The summed E-state index contributed by atoms with van der Waals surface area (Å²) in [7, 11) is 1.52. The zero-order valence-electron chi connectivity index (χ0n) is 12.2. The van der Waals surface area contributed by atoms with Gasteiger partial charge in [0, 0.05) is 44.5 Å². The summed E-state index contributed by atoms with van der Waals surface area (Å²) in [5.74, 6) is -0.142. The fourth-order valence-electron chi connectivity index (χ4n) is 2.17. The number of hydrogen-bond donors (Lipinski definition) is 3. The summed E-state index contributed by atoms with van der Waals surface area (Å²) in [6.45, 7) is 1.39. The van der Waals surface area contributed by atoms with E-state index in [0.717, 1.165) is 0 Å². The average molecular weight is 306 g/mol. The van der Waals surface area contributed by atoms with Crippen molar-refractivity contribution in [2.45, 2.75) is 0 Å². The molecule has 0 radical (unpaired) electrons. The number of anilines is 1. The van der Waals surface area contributed by atoms with Gasteiger partial charge in [-0.1, -0.05) is 0 Å². The van der Waals surface area contributed by atoms with Gasteiger partial charge in [-0.05, 0) is 24.3 Å². The Hall–Kier alpha value is -2.77. The van der Waals surface area contributed by atoms with Crippen LogP contribution >= 0.6 is 0 Å². The van der Waals surface area contributed by atoms with Crippen molar-refractivity contribution >= 4 is 23.7 Å². The topological polar surface area (TPSA) is 102 Å². The van der Waals surface area contributed by atoms with Gasteiger partial charge in [-0.3, -0.25) is 4.79 Å². The molecule has 8 nitrogen and oxygen atoms in total. The van der Waals surface area contributed by atoms with Gasteiger partial charge in [-0.15, -0.1) is 0 Å². The highest BCUT2D eigenvalue weighted by Gasteiger charge is 2.24. The molecule has 1 aromatic carbocycles. The van der Waals surface area contributed by atoms with Crippen LogP contribution in [-0.4, -0.2) is 66.2 Å². The zero-order valence-corrected chi connectivity index (χ0v) is 12.2. The molecule has 1 saturated heterocycles. The number of carboxylic acid groups (broad SMARTS) is 1. The number of amides is 4. The molecule has 1 aliphatic rings. The molecule has 8 heteroatoms. The Morgan fingerprint density at radius 3 is 2.05 bits per heavy atom. The minimum Gasteiger partial charge on any atom is -0.465 e. The lowest BCUT2D eigenvalue weighted by atomic mass is 10.1. The number of carbonyl (C=O) groups is 3. The first-order chi connectivity index (χ1) is 10.5. The third kappa shape index (κ3) is 3.66. The van der Waals surface area contributed by atoms with Crippen LogP contribution in [0.2, 0.25) is 0 Å².